The number of aliphatic carboxylic acids is 1. The summed E-state index contributed by atoms with van der Waals surface area (Å²) in [6, 6.07) is -0.111. The van der Waals surface area contributed by atoms with Crippen molar-refractivity contribution in [1.29, 1.82) is 0 Å². The molecule has 12 heavy (non-hydrogen) atoms. The summed E-state index contributed by atoms with van der Waals surface area (Å²) in [4.78, 5) is 10.5. The zero-order valence-electron chi connectivity index (χ0n) is 7.34. The maximum atomic E-state index is 10.5. The van der Waals surface area contributed by atoms with Gasteiger partial charge in [-0.1, -0.05) is 0 Å². The van der Waals surface area contributed by atoms with E-state index in [1.54, 1.807) is 6.92 Å². The third-order valence-corrected chi connectivity index (χ3v) is 2.15. The lowest BCUT2D eigenvalue weighted by atomic mass is 10.1. The molecule has 1 aliphatic rings. The van der Waals surface area contributed by atoms with E-state index in [0.717, 1.165) is 25.9 Å². The highest BCUT2D eigenvalue weighted by atomic mass is 16.4. The van der Waals surface area contributed by atoms with Crippen molar-refractivity contribution < 1.29 is 9.90 Å². The Morgan fingerprint density at radius 2 is 2.50 bits per heavy atom. The van der Waals surface area contributed by atoms with Gasteiger partial charge in [0.05, 0.1) is 0 Å². The van der Waals surface area contributed by atoms with E-state index >= 15 is 0 Å². The molecular formula is C8H16N2O2. The number of rotatable bonds is 3. The van der Waals surface area contributed by atoms with Gasteiger partial charge in [-0.2, -0.15) is 0 Å². The van der Waals surface area contributed by atoms with E-state index in [1.807, 2.05) is 0 Å². The topological polar surface area (TPSA) is 61.4 Å². The Morgan fingerprint density at radius 1 is 1.75 bits per heavy atom. The molecule has 0 saturated carbocycles. The molecule has 1 heterocycles. The second kappa shape index (κ2) is 4.42. The highest BCUT2D eigenvalue weighted by Gasteiger charge is 2.18. The van der Waals surface area contributed by atoms with Crippen molar-refractivity contribution >= 4 is 5.97 Å². The molecule has 70 valence electrons. The average Bonchev–Trinajstić information content (AvgIpc) is 2.06. The summed E-state index contributed by atoms with van der Waals surface area (Å²) in [6.07, 6.45) is 2.20. The first-order valence-electron chi connectivity index (χ1n) is 4.39. The molecule has 1 aliphatic heterocycles. The third kappa shape index (κ3) is 2.79. The van der Waals surface area contributed by atoms with Crippen molar-refractivity contribution in [3.8, 4) is 0 Å². The number of nitrogens with one attached hydrogen (secondary N) is 2. The van der Waals surface area contributed by atoms with Gasteiger partial charge < -0.3 is 15.7 Å². The van der Waals surface area contributed by atoms with Crippen LogP contribution in [0.1, 0.15) is 19.8 Å². The largest absolute Gasteiger partial charge is 0.480 e. The first kappa shape index (κ1) is 9.48. The Balaban J connectivity index is 2.24. The molecule has 2 atom stereocenters. The van der Waals surface area contributed by atoms with Crippen LogP contribution < -0.4 is 10.6 Å². The van der Waals surface area contributed by atoms with Gasteiger partial charge in [0.1, 0.15) is 6.04 Å². The molecule has 4 nitrogen and oxygen atoms in total. The molecule has 1 rings (SSSR count). The minimum absolute atomic E-state index is 0.324. The average molecular weight is 172 g/mol. The molecular weight excluding hydrogens is 156 g/mol. The number of carboxylic acid groups (broad SMARTS) is 1. The van der Waals surface area contributed by atoms with E-state index in [9.17, 15) is 4.79 Å². The maximum absolute atomic E-state index is 10.5. The van der Waals surface area contributed by atoms with Crippen LogP contribution in [-0.2, 0) is 4.79 Å². The molecule has 0 aromatic heterocycles. The van der Waals surface area contributed by atoms with E-state index in [-0.39, 0.29) is 0 Å². The molecule has 0 aromatic rings. The Hall–Kier alpha value is -0.610. The zero-order valence-corrected chi connectivity index (χ0v) is 7.34. The van der Waals surface area contributed by atoms with Crippen LogP contribution in [0.5, 0.6) is 0 Å². The predicted octanol–water partition coefficient (Wildman–Crippen LogP) is -0.199. The van der Waals surface area contributed by atoms with Gasteiger partial charge in [0.15, 0.2) is 0 Å². The summed E-state index contributed by atoms with van der Waals surface area (Å²) in [5, 5.41) is 14.9. The fourth-order valence-corrected chi connectivity index (χ4v) is 1.42. The summed E-state index contributed by atoms with van der Waals surface area (Å²) in [6.45, 7) is 3.62. The normalized spacial score (nSPS) is 26.6. The van der Waals surface area contributed by atoms with Gasteiger partial charge in [0, 0.05) is 12.6 Å². The second-order valence-electron chi connectivity index (χ2n) is 3.27. The first-order chi connectivity index (χ1) is 5.70. The lowest BCUT2D eigenvalue weighted by Gasteiger charge is -2.25. The molecule has 4 heteroatoms. The highest BCUT2D eigenvalue weighted by molar-refractivity contribution is 5.72. The smallest absolute Gasteiger partial charge is 0.320 e. The Labute approximate surface area is 72.3 Å². The molecule has 3 N–H and O–H groups in total. The lowest BCUT2D eigenvalue weighted by Crippen LogP contribution is -2.48. The lowest BCUT2D eigenvalue weighted by molar-refractivity contribution is -0.139. The molecule has 0 aliphatic carbocycles. The number of carbonyl (C=O) groups is 1. The van der Waals surface area contributed by atoms with Crippen LogP contribution in [0.4, 0.5) is 0 Å². The predicted molar refractivity (Wildman–Crippen MR) is 46.1 cm³/mol. The Kier molecular flexibility index (Phi) is 3.49. The fourth-order valence-electron chi connectivity index (χ4n) is 1.42. The second-order valence-corrected chi connectivity index (χ2v) is 3.27. The molecule has 0 bridgehead atoms. The SMILES string of the molecule is C[C@@H](NC1CCCNC1)C(=O)O. The van der Waals surface area contributed by atoms with Crippen molar-refractivity contribution in [3.63, 3.8) is 0 Å². The number of hydrogen-bond donors (Lipinski definition) is 3. The monoisotopic (exact) mass is 172 g/mol. The van der Waals surface area contributed by atoms with E-state index < -0.39 is 12.0 Å². The molecule has 0 radical (unpaired) electrons. The van der Waals surface area contributed by atoms with Crippen molar-refractivity contribution in [2.24, 2.45) is 0 Å². The van der Waals surface area contributed by atoms with Gasteiger partial charge in [-0.25, -0.2) is 0 Å². The quantitative estimate of drug-likeness (QED) is 0.552. The summed E-state index contributed by atoms with van der Waals surface area (Å²) in [5.41, 5.74) is 0. The van der Waals surface area contributed by atoms with Crippen molar-refractivity contribution in [2.75, 3.05) is 13.1 Å². The molecule has 0 amide bonds. The van der Waals surface area contributed by atoms with Gasteiger partial charge in [-0.05, 0) is 26.3 Å². The van der Waals surface area contributed by atoms with Crippen molar-refractivity contribution in [1.82, 2.24) is 10.6 Å². The fraction of sp³-hybridized carbons (Fsp3) is 0.875. The van der Waals surface area contributed by atoms with Crippen LogP contribution >= 0.6 is 0 Å². The third-order valence-electron chi connectivity index (χ3n) is 2.15. The number of carboxylic acids is 1. The van der Waals surface area contributed by atoms with E-state index in [2.05, 4.69) is 10.6 Å². The summed E-state index contributed by atoms with van der Waals surface area (Å²) >= 11 is 0. The van der Waals surface area contributed by atoms with Crippen LogP contribution in [0.15, 0.2) is 0 Å². The van der Waals surface area contributed by atoms with Gasteiger partial charge in [-0.15, -0.1) is 0 Å². The summed E-state index contributed by atoms with van der Waals surface area (Å²) in [5.74, 6) is -0.777. The molecule has 0 aromatic carbocycles. The summed E-state index contributed by atoms with van der Waals surface area (Å²) in [7, 11) is 0. The van der Waals surface area contributed by atoms with Crippen LogP contribution in [0, 0.1) is 0 Å². The van der Waals surface area contributed by atoms with Gasteiger partial charge in [-0.3, -0.25) is 4.79 Å². The van der Waals surface area contributed by atoms with Crippen LogP contribution in [0.3, 0.4) is 0 Å². The number of hydrogen-bond acceptors (Lipinski definition) is 3. The van der Waals surface area contributed by atoms with Crippen LogP contribution in [0.2, 0.25) is 0 Å². The molecule has 0 spiro atoms. The van der Waals surface area contributed by atoms with Crippen molar-refractivity contribution in [3.05, 3.63) is 0 Å². The van der Waals surface area contributed by atoms with Gasteiger partial charge >= 0.3 is 5.97 Å². The standard InChI is InChI=1S/C8H16N2O2/c1-6(8(11)12)10-7-3-2-4-9-5-7/h6-7,9-10H,2-5H2,1H3,(H,11,12)/t6-,7?/m1/s1. The molecule has 1 unspecified atom stereocenters. The van der Waals surface area contributed by atoms with Crippen LogP contribution in [-0.4, -0.2) is 36.2 Å². The Morgan fingerprint density at radius 3 is 3.00 bits per heavy atom. The van der Waals surface area contributed by atoms with Crippen LogP contribution in [0.25, 0.3) is 0 Å². The van der Waals surface area contributed by atoms with Gasteiger partial charge in [0.2, 0.25) is 0 Å². The molecule has 1 saturated heterocycles. The Bertz CT molecular complexity index is 155. The maximum Gasteiger partial charge on any atom is 0.320 e. The summed E-state index contributed by atoms with van der Waals surface area (Å²) < 4.78 is 0. The molecule has 1 fully saturated rings. The van der Waals surface area contributed by atoms with E-state index in [1.165, 1.54) is 0 Å². The zero-order chi connectivity index (χ0) is 8.97. The highest BCUT2D eigenvalue weighted by Crippen LogP contribution is 2.02. The van der Waals surface area contributed by atoms with E-state index in [0.29, 0.717) is 6.04 Å². The van der Waals surface area contributed by atoms with Gasteiger partial charge in [0.25, 0.3) is 0 Å². The number of piperidine rings is 1. The first-order valence-corrected chi connectivity index (χ1v) is 4.39. The minimum Gasteiger partial charge on any atom is -0.480 e. The van der Waals surface area contributed by atoms with E-state index in [4.69, 9.17) is 5.11 Å². The van der Waals surface area contributed by atoms with Crippen molar-refractivity contribution in [2.45, 2.75) is 31.8 Å². The minimum atomic E-state index is -0.777.